The average molecular weight is 377 g/mol. The Kier molecular flexibility index (Phi) is 7.60. The second-order valence-corrected chi connectivity index (χ2v) is 5.36. The summed E-state index contributed by atoms with van der Waals surface area (Å²) in [5.41, 5.74) is 1.07. The van der Waals surface area contributed by atoms with Gasteiger partial charge in [-0.3, -0.25) is 4.79 Å². The van der Waals surface area contributed by atoms with Crippen molar-refractivity contribution in [3.63, 3.8) is 0 Å². The van der Waals surface area contributed by atoms with Crippen LogP contribution in [0.15, 0.2) is 18.2 Å². The summed E-state index contributed by atoms with van der Waals surface area (Å²) in [4.78, 5) is 23.4. The molecule has 146 valence electrons. The molecule has 9 nitrogen and oxygen atoms in total. The number of nitrogens with zero attached hydrogens (tertiary/aromatic N) is 2. The Morgan fingerprint density at radius 3 is 2.56 bits per heavy atom. The maximum absolute atomic E-state index is 12.0. The van der Waals surface area contributed by atoms with Crippen LogP contribution in [0, 0.1) is 0 Å². The fraction of sp³-hybridized carbons (Fsp3) is 0.444. The van der Waals surface area contributed by atoms with E-state index in [4.69, 9.17) is 18.9 Å². The largest absolute Gasteiger partial charge is 0.493 e. The van der Waals surface area contributed by atoms with Crippen LogP contribution in [-0.2, 0) is 14.3 Å². The first kappa shape index (κ1) is 20.2. The van der Waals surface area contributed by atoms with Crippen LogP contribution in [0.1, 0.15) is 37.2 Å². The number of hydrogen-bond acceptors (Lipinski definition) is 8. The SMILES string of the molecule is CCOC(=O)CCCOc1cc(-c2n[nH]nc2C(=O)OCC)ccc1OC. The van der Waals surface area contributed by atoms with Crippen LogP contribution in [0.2, 0.25) is 0 Å². The fourth-order valence-electron chi connectivity index (χ4n) is 2.34. The molecule has 0 amide bonds. The molecule has 2 aromatic rings. The molecule has 1 heterocycles. The molecule has 0 radical (unpaired) electrons. The Morgan fingerprint density at radius 1 is 1.07 bits per heavy atom. The molecule has 0 bridgehead atoms. The number of H-pyrrole nitrogens is 1. The van der Waals surface area contributed by atoms with Crippen LogP contribution in [0.5, 0.6) is 11.5 Å². The topological polar surface area (TPSA) is 113 Å². The summed E-state index contributed by atoms with van der Waals surface area (Å²) < 4.78 is 20.9. The number of benzene rings is 1. The van der Waals surface area contributed by atoms with E-state index in [-0.39, 0.29) is 24.7 Å². The molecule has 27 heavy (non-hydrogen) atoms. The van der Waals surface area contributed by atoms with Crippen molar-refractivity contribution in [3.05, 3.63) is 23.9 Å². The first-order valence-electron chi connectivity index (χ1n) is 8.65. The van der Waals surface area contributed by atoms with Crippen molar-refractivity contribution in [1.29, 1.82) is 0 Å². The number of nitrogens with one attached hydrogen (secondary N) is 1. The van der Waals surface area contributed by atoms with Crippen LogP contribution < -0.4 is 9.47 Å². The smallest absolute Gasteiger partial charge is 0.361 e. The number of ether oxygens (including phenoxy) is 4. The normalized spacial score (nSPS) is 10.3. The summed E-state index contributed by atoms with van der Waals surface area (Å²) >= 11 is 0. The summed E-state index contributed by atoms with van der Waals surface area (Å²) in [5.74, 6) is 0.171. The fourth-order valence-corrected chi connectivity index (χ4v) is 2.34. The number of carbonyl (C=O) groups excluding carboxylic acids is 2. The maximum Gasteiger partial charge on any atom is 0.361 e. The molecule has 0 spiro atoms. The third kappa shape index (κ3) is 5.44. The van der Waals surface area contributed by atoms with Crippen molar-refractivity contribution in [2.24, 2.45) is 0 Å². The minimum atomic E-state index is -0.561. The lowest BCUT2D eigenvalue weighted by Crippen LogP contribution is -2.08. The predicted molar refractivity (Wildman–Crippen MR) is 95.7 cm³/mol. The molecule has 1 aromatic carbocycles. The Labute approximate surface area is 157 Å². The highest BCUT2D eigenvalue weighted by atomic mass is 16.5. The highest BCUT2D eigenvalue weighted by molar-refractivity contribution is 5.94. The van der Waals surface area contributed by atoms with E-state index in [1.165, 1.54) is 7.11 Å². The summed E-state index contributed by atoms with van der Waals surface area (Å²) in [6, 6.07) is 5.15. The molecule has 2 rings (SSSR count). The maximum atomic E-state index is 12.0. The molecular weight excluding hydrogens is 354 g/mol. The number of esters is 2. The van der Waals surface area contributed by atoms with E-state index in [2.05, 4.69) is 15.4 Å². The van der Waals surface area contributed by atoms with Gasteiger partial charge in [0.05, 0.1) is 26.9 Å². The van der Waals surface area contributed by atoms with Crippen LogP contribution in [0.4, 0.5) is 0 Å². The minimum absolute atomic E-state index is 0.0928. The van der Waals surface area contributed by atoms with Gasteiger partial charge in [0.1, 0.15) is 5.69 Å². The van der Waals surface area contributed by atoms with Gasteiger partial charge in [-0.1, -0.05) is 0 Å². The highest BCUT2D eigenvalue weighted by Crippen LogP contribution is 2.33. The van der Waals surface area contributed by atoms with Gasteiger partial charge in [-0.25, -0.2) is 4.79 Å². The first-order chi connectivity index (χ1) is 13.1. The van der Waals surface area contributed by atoms with Gasteiger partial charge in [-0.2, -0.15) is 10.3 Å². The number of aromatic amines is 1. The Hall–Kier alpha value is -3.10. The zero-order chi connectivity index (χ0) is 19.6. The number of methoxy groups -OCH3 is 1. The van der Waals surface area contributed by atoms with Crippen LogP contribution >= 0.6 is 0 Å². The van der Waals surface area contributed by atoms with Gasteiger partial charge in [0.25, 0.3) is 0 Å². The minimum Gasteiger partial charge on any atom is -0.493 e. The Morgan fingerprint density at radius 2 is 1.85 bits per heavy atom. The summed E-state index contributed by atoms with van der Waals surface area (Å²) in [6.07, 6.45) is 0.774. The van der Waals surface area contributed by atoms with Crippen molar-refractivity contribution in [2.75, 3.05) is 26.9 Å². The van der Waals surface area contributed by atoms with E-state index in [1.54, 1.807) is 32.0 Å². The first-order valence-corrected chi connectivity index (χ1v) is 8.65. The monoisotopic (exact) mass is 377 g/mol. The second kappa shape index (κ2) is 10.1. The Bertz CT molecular complexity index is 774. The van der Waals surface area contributed by atoms with Crippen LogP contribution in [0.3, 0.4) is 0 Å². The number of hydrogen-bond donors (Lipinski definition) is 1. The van der Waals surface area contributed by atoms with Gasteiger partial charge in [-0.05, 0) is 38.5 Å². The van der Waals surface area contributed by atoms with E-state index < -0.39 is 5.97 Å². The van der Waals surface area contributed by atoms with Crippen molar-refractivity contribution < 1.29 is 28.5 Å². The second-order valence-electron chi connectivity index (χ2n) is 5.36. The molecule has 0 aliphatic heterocycles. The van der Waals surface area contributed by atoms with Gasteiger partial charge in [0.15, 0.2) is 17.2 Å². The lowest BCUT2D eigenvalue weighted by atomic mass is 10.1. The molecule has 9 heteroatoms. The molecule has 0 unspecified atom stereocenters. The third-order valence-electron chi connectivity index (χ3n) is 3.54. The molecule has 0 aliphatic rings. The zero-order valence-corrected chi connectivity index (χ0v) is 15.6. The summed E-state index contributed by atoms with van der Waals surface area (Å²) in [6.45, 7) is 4.38. The molecule has 0 saturated heterocycles. The van der Waals surface area contributed by atoms with Crippen molar-refractivity contribution in [1.82, 2.24) is 15.4 Å². The third-order valence-corrected chi connectivity index (χ3v) is 3.54. The van der Waals surface area contributed by atoms with E-state index in [0.29, 0.717) is 42.4 Å². The van der Waals surface area contributed by atoms with E-state index in [9.17, 15) is 9.59 Å². The highest BCUT2D eigenvalue weighted by Gasteiger charge is 2.20. The molecule has 1 aromatic heterocycles. The van der Waals surface area contributed by atoms with Crippen molar-refractivity contribution in [2.45, 2.75) is 26.7 Å². The van der Waals surface area contributed by atoms with E-state index in [0.717, 1.165) is 0 Å². The molecule has 0 aliphatic carbocycles. The average Bonchev–Trinajstić information content (AvgIpc) is 3.15. The van der Waals surface area contributed by atoms with E-state index in [1.807, 2.05) is 0 Å². The van der Waals surface area contributed by atoms with Gasteiger partial charge < -0.3 is 18.9 Å². The molecule has 0 saturated carbocycles. The van der Waals surface area contributed by atoms with Gasteiger partial charge in [0, 0.05) is 12.0 Å². The van der Waals surface area contributed by atoms with Gasteiger partial charge in [0.2, 0.25) is 0 Å². The molecule has 0 atom stereocenters. The Balaban J connectivity index is 2.12. The molecule has 1 N–H and O–H groups in total. The van der Waals surface area contributed by atoms with Crippen molar-refractivity contribution in [3.8, 4) is 22.8 Å². The number of rotatable bonds is 10. The molecular formula is C18H23N3O6. The standard InChI is InChI=1S/C18H23N3O6/c1-4-25-15(22)7-6-10-27-14-11-12(8-9-13(14)24-3)16-17(20-21-19-16)18(23)26-5-2/h8-9,11H,4-7,10H2,1-3H3,(H,19,20,21). The molecule has 0 fully saturated rings. The van der Waals surface area contributed by atoms with E-state index >= 15 is 0 Å². The predicted octanol–water partition coefficient (Wildman–Crippen LogP) is 2.38. The van der Waals surface area contributed by atoms with Crippen molar-refractivity contribution >= 4 is 11.9 Å². The summed E-state index contributed by atoms with van der Waals surface area (Å²) in [5, 5.41) is 10.3. The summed E-state index contributed by atoms with van der Waals surface area (Å²) in [7, 11) is 1.53. The number of aromatic nitrogens is 3. The van der Waals surface area contributed by atoms with Gasteiger partial charge >= 0.3 is 11.9 Å². The number of carbonyl (C=O) groups is 2. The zero-order valence-electron chi connectivity index (χ0n) is 15.6. The van der Waals surface area contributed by atoms with Crippen LogP contribution in [-0.4, -0.2) is 54.3 Å². The lowest BCUT2D eigenvalue weighted by Gasteiger charge is -2.12. The quantitative estimate of drug-likeness (QED) is 0.496. The van der Waals surface area contributed by atoms with Crippen LogP contribution in [0.25, 0.3) is 11.3 Å². The van der Waals surface area contributed by atoms with Gasteiger partial charge in [-0.15, -0.1) is 5.10 Å². The lowest BCUT2D eigenvalue weighted by molar-refractivity contribution is -0.143.